The molecule has 1 aliphatic rings. The number of nitrogens with one attached hydrogen (secondary N) is 1. The van der Waals surface area contributed by atoms with Crippen LogP contribution in [0.4, 0.5) is 0 Å². The van der Waals surface area contributed by atoms with Crippen molar-refractivity contribution in [2.24, 2.45) is 0 Å². The molecule has 0 aromatic heterocycles. The van der Waals surface area contributed by atoms with Gasteiger partial charge in [0.05, 0.1) is 0 Å². The average Bonchev–Trinajstić information content (AvgIpc) is 2.24. The molecule has 0 aromatic rings. The Morgan fingerprint density at radius 2 is 2.20 bits per heavy atom. The molecule has 1 rings (SSSR count). The fourth-order valence-electron chi connectivity index (χ4n) is 2.02. The van der Waals surface area contributed by atoms with E-state index in [1.54, 1.807) is 0 Å². The van der Waals surface area contributed by atoms with Crippen molar-refractivity contribution < 1.29 is 4.79 Å². The van der Waals surface area contributed by atoms with Gasteiger partial charge in [-0.2, -0.15) is 0 Å². The summed E-state index contributed by atoms with van der Waals surface area (Å²) in [5, 5.41) is 3.35. The lowest BCUT2D eigenvalue weighted by Gasteiger charge is -2.32. The third-order valence-corrected chi connectivity index (χ3v) is 2.97. The van der Waals surface area contributed by atoms with E-state index in [1.807, 2.05) is 4.90 Å². The molecule has 1 atom stereocenters. The van der Waals surface area contributed by atoms with Crippen LogP contribution in [0.2, 0.25) is 0 Å². The number of carbonyl (C=O) groups is 1. The van der Waals surface area contributed by atoms with Gasteiger partial charge in [0.1, 0.15) is 0 Å². The highest BCUT2D eigenvalue weighted by atomic mass is 16.2. The van der Waals surface area contributed by atoms with Crippen LogP contribution in [0.5, 0.6) is 0 Å². The van der Waals surface area contributed by atoms with Gasteiger partial charge in [0.25, 0.3) is 0 Å². The third kappa shape index (κ3) is 4.65. The Labute approximate surface area is 93.2 Å². The second-order valence-electron chi connectivity index (χ2n) is 4.51. The maximum atomic E-state index is 11.8. The van der Waals surface area contributed by atoms with Gasteiger partial charge in [-0.05, 0) is 13.3 Å². The van der Waals surface area contributed by atoms with Gasteiger partial charge in [0.2, 0.25) is 5.91 Å². The zero-order valence-electron chi connectivity index (χ0n) is 10.1. The molecule has 1 heterocycles. The number of carbonyl (C=O) groups excluding carboxylic acids is 1. The standard InChI is InChI=1S/C12H24N2O/c1-3-4-5-6-7-12(15)14-9-8-13-11(2)10-14/h11,13H,3-10H2,1-2H3. The number of hydrogen-bond donors (Lipinski definition) is 1. The molecule has 1 aliphatic heterocycles. The van der Waals surface area contributed by atoms with Gasteiger partial charge < -0.3 is 10.2 Å². The van der Waals surface area contributed by atoms with Gasteiger partial charge in [-0.15, -0.1) is 0 Å². The lowest BCUT2D eigenvalue weighted by molar-refractivity contribution is -0.132. The van der Waals surface area contributed by atoms with E-state index in [1.165, 1.54) is 19.3 Å². The molecule has 3 heteroatoms. The molecule has 3 nitrogen and oxygen atoms in total. The molecule has 0 aromatic carbocycles. The predicted octanol–water partition coefficient (Wildman–Crippen LogP) is 1.78. The fraction of sp³-hybridized carbons (Fsp3) is 0.917. The topological polar surface area (TPSA) is 32.3 Å². The molecule has 1 saturated heterocycles. The molecule has 88 valence electrons. The van der Waals surface area contributed by atoms with Crippen LogP contribution in [0.3, 0.4) is 0 Å². The molecule has 0 saturated carbocycles. The summed E-state index contributed by atoms with van der Waals surface area (Å²) in [5.41, 5.74) is 0. The number of hydrogen-bond acceptors (Lipinski definition) is 2. The van der Waals surface area contributed by atoms with Crippen LogP contribution >= 0.6 is 0 Å². The molecular formula is C12H24N2O. The van der Waals surface area contributed by atoms with Crippen LogP contribution in [0.1, 0.15) is 46.0 Å². The van der Waals surface area contributed by atoms with Crippen molar-refractivity contribution in [3.05, 3.63) is 0 Å². The van der Waals surface area contributed by atoms with E-state index in [0.29, 0.717) is 11.9 Å². The van der Waals surface area contributed by atoms with E-state index >= 15 is 0 Å². The summed E-state index contributed by atoms with van der Waals surface area (Å²) < 4.78 is 0. The Bertz CT molecular complexity index is 194. The molecule has 1 amide bonds. The number of amides is 1. The number of piperazine rings is 1. The summed E-state index contributed by atoms with van der Waals surface area (Å²) >= 11 is 0. The molecule has 0 bridgehead atoms. The van der Waals surface area contributed by atoms with Gasteiger partial charge in [-0.25, -0.2) is 0 Å². The first kappa shape index (κ1) is 12.5. The zero-order chi connectivity index (χ0) is 11.1. The normalized spacial score (nSPS) is 21.7. The summed E-state index contributed by atoms with van der Waals surface area (Å²) in [4.78, 5) is 13.8. The monoisotopic (exact) mass is 212 g/mol. The maximum absolute atomic E-state index is 11.8. The summed E-state index contributed by atoms with van der Waals surface area (Å²) in [6, 6.07) is 0.457. The van der Waals surface area contributed by atoms with Gasteiger partial charge in [0, 0.05) is 32.1 Å². The van der Waals surface area contributed by atoms with Crippen LogP contribution in [-0.2, 0) is 4.79 Å². The van der Waals surface area contributed by atoms with E-state index in [9.17, 15) is 4.79 Å². The highest BCUT2D eigenvalue weighted by Crippen LogP contribution is 2.07. The van der Waals surface area contributed by atoms with Gasteiger partial charge >= 0.3 is 0 Å². The maximum Gasteiger partial charge on any atom is 0.222 e. The number of unbranched alkanes of at least 4 members (excludes halogenated alkanes) is 3. The Kier molecular flexibility index (Phi) is 5.69. The number of nitrogens with zero attached hydrogens (tertiary/aromatic N) is 1. The molecule has 0 spiro atoms. The SMILES string of the molecule is CCCCCCC(=O)N1CCNC(C)C1. The molecule has 1 unspecified atom stereocenters. The first-order valence-corrected chi connectivity index (χ1v) is 6.25. The first-order valence-electron chi connectivity index (χ1n) is 6.25. The van der Waals surface area contributed by atoms with Crippen LogP contribution < -0.4 is 5.32 Å². The van der Waals surface area contributed by atoms with Crippen LogP contribution in [-0.4, -0.2) is 36.5 Å². The Morgan fingerprint density at radius 1 is 1.40 bits per heavy atom. The smallest absolute Gasteiger partial charge is 0.222 e. The average molecular weight is 212 g/mol. The summed E-state index contributed by atoms with van der Waals surface area (Å²) in [6.45, 7) is 7.04. The van der Waals surface area contributed by atoms with Crippen molar-refractivity contribution in [2.45, 2.75) is 52.0 Å². The molecular weight excluding hydrogens is 188 g/mol. The van der Waals surface area contributed by atoms with E-state index in [2.05, 4.69) is 19.2 Å². The highest BCUT2D eigenvalue weighted by molar-refractivity contribution is 5.76. The minimum Gasteiger partial charge on any atom is -0.340 e. The Hall–Kier alpha value is -0.570. The zero-order valence-corrected chi connectivity index (χ0v) is 10.1. The van der Waals surface area contributed by atoms with Crippen molar-refractivity contribution in [1.82, 2.24) is 10.2 Å². The van der Waals surface area contributed by atoms with Crippen LogP contribution in [0.25, 0.3) is 0 Å². The molecule has 0 radical (unpaired) electrons. The van der Waals surface area contributed by atoms with E-state index in [0.717, 1.165) is 32.5 Å². The molecule has 1 N–H and O–H groups in total. The second kappa shape index (κ2) is 6.83. The van der Waals surface area contributed by atoms with Crippen molar-refractivity contribution in [3.63, 3.8) is 0 Å². The lowest BCUT2D eigenvalue weighted by atomic mass is 10.1. The van der Waals surface area contributed by atoms with Crippen molar-refractivity contribution in [1.29, 1.82) is 0 Å². The van der Waals surface area contributed by atoms with E-state index in [4.69, 9.17) is 0 Å². The van der Waals surface area contributed by atoms with Gasteiger partial charge in [-0.3, -0.25) is 4.79 Å². The highest BCUT2D eigenvalue weighted by Gasteiger charge is 2.19. The minimum atomic E-state index is 0.347. The molecule has 1 fully saturated rings. The quantitative estimate of drug-likeness (QED) is 0.705. The third-order valence-electron chi connectivity index (χ3n) is 2.97. The number of rotatable bonds is 5. The van der Waals surface area contributed by atoms with Gasteiger partial charge in [-0.1, -0.05) is 26.2 Å². The minimum absolute atomic E-state index is 0.347. The Balaban J connectivity index is 2.15. The van der Waals surface area contributed by atoms with Crippen LogP contribution in [0.15, 0.2) is 0 Å². The van der Waals surface area contributed by atoms with E-state index < -0.39 is 0 Å². The van der Waals surface area contributed by atoms with Crippen molar-refractivity contribution >= 4 is 5.91 Å². The Morgan fingerprint density at radius 3 is 2.87 bits per heavy atom. The molecule has 0 aliphatic carbocycles. The lowest BCUT2D eigenvalue weighted by Crippen LogP contribution is -2.51. The predicted molar refractivity (Wildman–Crippen MR) is 62.8 cm³/mol. The largest absolute Gasteiger partial charge is 0.340 e. The molecule has 15 heavy (non-hydrogen) atoms. The second-order valence-corrected chi connectivity index (χ2v) is 4.51. The van der Waals surface area contributed by atoms with E-state index in [-0.39, 0.29) is 0 Å². The fourth-order valence-corrected chi connectivity index (χ4v) is 2.02. The summed E-state index contributed by atoms with van der Waals surface area (Å²) in [5.74, 6) is 0.347. The summed E-state index contributed by atoms with van der Waals surface area (Å²) in [7, 11) is 0. The summed E-state index contributed by atoms with van der Waals surface area (Å²) in [6.07, 6.45) is 5.49. The van der Waals surface area contributed by atoms with Crippen LogP contribution in [0, 0.1) is 0 Å². The van der Waals surface area contributed by atoms with Crippen molar-refractivity contribution in [3.8, 4) is 0 Å². The first-order chi connectivity index (χ1) is 7.24. The van der Waals surface area contributed by atoms with Crippen molar-refractivity contribution in [2.75, 3.05) is 19.6 Å². The van der Waals surface area contributed by atoms with Gasteiger partial charge in [0.15, 0.2) is 0 Å².